The molecule has 2 aromatic carbocycles. The fourth-order valence-corrected chi connectivity index (χ4v) is 4.33. The summed E-state index contributed by atoms with van der Waals surface area (Å²) in [6, 6.07) is 12.4. The number of fused-ring (bicyclic) bond motifs is 1. The molecule has 0 unspecified atom stereocenters. The van der Waals surface area contributed by atoms with Crippen LogP contribution in [0.3, 0.4) is 0 Å². The molecule has 2 aliphatic heterocycles. The van der Waals surface area contributed by atoms with Crippen molar-refractivity contribution < 1.29 is 27.6 Å². The van der Waals surface area contributed by atoms with Gasteiger partial charge in [-0.05, 0) is 29.2 Å². The van der Waals surface area contributed by atoms with Crippen LogP contribution in [-0.2, 0) is 16.0 Å². The van der Waals surface area contributed by atoms with Crippen molar-refractivity contribution in [3.8, 4) is 0 Å². The zero-order valence-electron chi connectivity index (χ0n) is 16.8. The largest absolute Gasteiger partial charge is 0.406 e. The summed E-state index contributed by atoms with van der Waals surface area (Å²) in [7, 11) is 0. The number of carbonyl (C=O) groups is 3. The second-order valence-electron chi connectivity index (χ2n) is 7.93. The predicted octanol–water partition coefficient (Wildman–Crippen LogP) is 3.20. The van der Waals surface area contributed by atoms with Crippen molar-refractivity contribution in [2.24, 2.45) is 0 Å². The molecule has 2 aromatic rings. The molecular weight excluding hydrogens is 411 g/mol. The Kier molecular flexibility index (Phi) is 5.60. The number of amides is 4. The summed E-state index contributed by atoms with van der Waals surface area (Å²) in [5.74, 6) is -0.867. The molecule has 31 heavy (non-hydrogen) atoms. The van der Waals surface area contributed by atoms with Crippen LogP contribution in [0.5, 0.6) is 0 Å². The van der Waals surface area contributed by atoms with Gasteiger partial charge >= 0.3 is 12.2 Å². The zero-order valence-corrected chi connectivity index (χ0v) is 16.8. The van der Waals surface area contributed by atoms with Crippen molar-refractivity contribution in [2.45, 2.75) is 31.5 Å². The summed E-state index contributed by atoms with van der Waals surface area (Å²) in [5.41, 5.74) is 0.938. The Morgan fingerprint density at radius 1 is 1.00 bits per heavy atom. The van der Waals surface area contributed by atoms with Crippen LogP contribution in [0.2, 0.25) is 0 Å². The van der Waals surface area contributed by atoms with E-state index in [1.807, 2.05) is 42.5 Å². The number of carbonyl (C=O) groups excluding carboxylic acids is 3. The Balaban J connectivity index is 1.36. The van der Waals surface area contributed by atoms with E-state index in [1.54, 1.807) is 4.90 Å². The molecule has 164 valence electrons. The first-order valence-electron chi connectivity index (χ1n) is 10.1. The molecular formula is C22H22F3N3O3. The van der Waals surface area contributed by atoms with Gasteiger partial charge in [0.25, 0.3) is 5.91 Å². The number of hydrogen-bond acceptors (Lipinski definition) is 3. The minimum atomic E-state index is -4.63. The van der Waals surface area contributed by atoms with E-state index in [1.165, 1.54) is 4.90 Å². The van der Waals surface area contributed by atoms with Crippen LogP contribution in [-0.4, -0.2) is 70.9 Å². The van der Waals surface area contributed by atoms with Gasteiger partial charge in [0.1, 0.15) is 13.1 Å². The standard InChI is InChI=1S/C22H22F3N3O3/c23-22(24,25)14-28-20(30)13-27(21(28)31)17-8-10-26(11-9-17)19(29)12-16-6-3-5-15-4-1-2-7-18(15)16/h1-7,17H,8-14H2. The van der Waals surface area contributed by atoms with Gasteiger partial charge in [-0.25, -0.2) is 4.79 Å². The number of hydrogen-bond donors (Lipinski definition) is 0. The third-order valence-electron chi connectivity index (χ3n) is 5.90. The average molecular weight is 433 g/mol. The highest BCUT2D eigenvalue weighted by molar-refractivity contribution is 6.02. The summed E-state index contributed by atoms with van der Waals surface area (Å²) in [6.45, 7) is -1.12. The Hall–Kier alpha value is -3.10. The van der Waals surface area contributed by atoms with Gasteiger partial charge in [0.15, 0.2) is 0 Å². The first-order valence-corrected chi connectivity index (χ1v) is 10.1. The lowest BCUT2D eigenvalue weighted by molar-refractivity contribution is -0.151. The Bertz CT molecular complexity index is 1010. The van der Waals surface area contributed by atoms with E-state index in [-0.39, 0.29) is 29.8 Å². The number of nitrogens with zero attached hydrogens (tertiary/aromatic N) is 3. The molecule has 4 rings (SSSR count). The number of urea groups is 1. The van der Waals surface area contributed by atoms with Crippen molar-refractivity contribution in [1.82, 2.24) is 14.7 Å². The van der Waals surface area contributed by atoms with Gasteiger partial charge in [0.05, 0.1) is 6.42 Å². The van der Waals surface area contributed by atoms with E-state index in [0.29, 0.717) is 25.9 Å². The summed E-state index contributed by atoms with van der Waals surface area (Å²) in [5, 5.41) is 2.09. The van der Waals surface area contributed by atoms with Crippen molar-refractivity contribution in [3.63, 3.8) is 0 Å². The van der Waals surface area contributed by atoms with Crippen LogP contribution in [0, 0.1) is 0 Å². The first kappa shape index (κ1) is 21.1. The van der Waals surface area contributed by atoms with E-state index < -0.39 is 24.7 Å². The third-order valence-corrected chi connectivity index (χ3v) is 5.90. The highest BCUT2D eigenvalue weighted by Crippen LogP contribution is 2.26. The first-order chi connectivity index (χ1) is 14.7. The lowest BCUT2D eigenvalue weighted by atomic mass is 10.00. The fourth-order valence-electron chi connectivity index (χ4n) is 4.33. The molecule has 2 aliphatic rings. The van der Waals surface area contributed by atoms with E-state index >= 15 is 0 Å². The topological polar surface area (TPSA) is 60.9 Å². The van der Waals surface area contributed by atoms with Crippen LogP contribution < -0.4 is 0 Å². The van der Waals surface area contributed by atoms with Gasteiger partial charge in [0.2, 0.25) is 5.91 Å². The van der Waals surface area contributed by atoms with E-state index in [9.17, 15) is 27.6 Å². The second kappa shape index (κ2) is 8.20. The van der Waals surface area contributed by atoms with Crippen LogP contribution >= 0.6 is 0 Å². The molecule has 2 saturated heterocycles. The van der Waals surface area contributed by atoms with Crippen LogP contribution in [0.1, 0.15) is 18.4 Å². The number of benzene rings is 2. The molecule has 6 nitrogen and oxygen atoms in total. The molecule has 0 bridgehead atoms. The van der Waals surface area contributed by atoms with E-state index in [2.05, 4.69) is 0 Å². The Morgan fingerprint density at radius 3 is 2.39 bits per heavy atom. The molecule has 0 atom stereocenters. The smallest absolute Gasteiger partial charge is 0.342 e. The van der Waals surface area contributed by atoms with Crippen molar-refractivity contribution in [2.75, 3.05) is 26.2 Å². The number of rotatable bonds is 4. The minimum Gasteiger partial charge on any atom is -0.342 e. The lowest BCUT2D eigenvalue weighted by Gasteiger charge is -2.36. The molecule has 2 fully saturated rings. The van der Waals surface area contributed by atoms with Crippen molar-refractivity contribution >= 4 is 28.6 Å². The highest BCUT2D eigenvalue weighted by Gasteiger charge is 2.45. The van der Waals surface area contributed by atoms with Gasteiger partial charge in [0, 0.05) is 19.1 Å². The molecule has 0 saturated carbocycles. The minimum absolute atomic E-state index is 0.0303. The van der Waals surface area contributed by atoms with Gasteiger partial charge in [-0.1, -0.05) is 42.5 Å². The van der Waals surface area contributed by atoms with Gasteiger partial charge < -0.3 is 9.80 Å². The molecule has 4 amide bonds. The summed E-state index contributed by atoms with van der Waals surface area (Å²) < 4.78 is 37.9. The monoisotopic (exact) mass is 433 g/mol. The van der Waals surface area contributed by atoms with Gasteiger partial charge in [-0.15, -0.1) is 0 Å². The lowest BCUT2D eigenvalue weighted by Crippen LogP contribution is -2.48. The molecule has 0 spiro atoms. The normalized spacial score (nSPS) is 18.4. The molecule has 2 heterocycles. The number of alkyl halides is 3. The van der Waals surface area contributed by atoms with Gasteiger partial charge in [-0.3, -0.25) is 14.5 Å². The van der Waals surface area contributed by atoms with E-state index in [4.69, 9.17) is 0 Å². The Morgan fingerprint density at radius 2 is 1.68 bits per heavy atom. The number of halogens is 3. The zero-order chi connectivity index (χ0) is 22.2. The maximum absolute atomic E-state index is 12.8. The maximum Gasteiger partial charge on any atom is 0.406 e. The van der Waals surface area contributed by atoms with E-state index in [0.717, 1.165) is 16.3 Å². The SMILES string of the molecule is O=C(Cc1cccc2ccccc12)N1CCC(N2CC(=O)N(CC(F)(F)F)C2=O)CC1. The fraction of sp³-hybridized carbons (Fsp3) is 0.409. The molecule has 0 N–H and O–H groups in total. The van der Waals surface area contributed by atoms with Crippen LogP contribution in [0.25, 0.3) is 10.8 Å². The molecule has 9 heteroatoms. The number of piperidine rings is 1. The number of imide groups is 1. The van der Waals surface area contributed by atoms with Crippen molar-refractivity contribution in [1.29, 1.82) is 0 Å². The summed E-state index contributed by atoms with van der Waals surface area (Å²) >= 11 is 0. The molecule has 0 aliphatic carbocycles. The number of likely N-dealkylation sites (tertiary alicyclic amines) is 1. The molecule has 0 radical (unpaired) electrons. The van der Waals surface area contributed by atoms with Crippen LogP contribution in [0.15, 0.2) is 42.5 Å². The predicted molar refractivity (Wildman–Crippen MR) is 107 cm³/mol. The quantitative estimate of drug-likeness (QED) is 0.696. The second-order valence-corrected chi connectivity index (χ2v) is 7.93. The maximum atomic E-state index is 12.8. The summed E-state index contributed by atoms with van der Waals surface area (Å²) in [6.07, 6.45) is -3.51. The average Bonchev–Trinajstić information content (AvgIpc) is 3.01. The van der Waals surface area contributed by atoms with Gasteiger partial charge in [-0.2, -0.15) is 13.2 Å². The highest BCUT2D eigenvalue weighted by atomic mass is 19.4. The van der Waals surface area contributed by atoms with Crippen LogP contribution in [0.4, 0.5) is 18.0 Å². The Labute approximate surface area is 177 Å². The summed E-state index contributed by atoms with van der Waals surface area (Å²) in [4.78, 5) is 40.2. The molecule has 0 aromatic heterocycles. The third kappa shape index (κ3) is 4.50. The van der Waals surface area contributed by atoms with Crippen molar-refractivity contribution in [3.05, 3.63) is 48.0 Å².